The van der Waals surface area contributed by atoms with Crippen molar-refractivity contribution in [1.29, 1.82) is 0 Å². The van der Waals surface area contributed by atoms with Gasteiger partial charge < -0.3 is 0 Å². The second-order valence-corrected chi connectivity index (χ2v) is 5.32. The summed E-state index contributed by atoms with van der Waals surface area (Å²) < 4.78 is 0. The number of hydrogen-bond donors (Lipinski definition) is 0. The van der Waals surface area contributed by atoms with Crippen molar-refractivity contribution in [3.8, 4) is 0 Å². The normalized spacial score (nSPS) is 11.0. The number of non-ortho nitro benzene ring substituents is 1. The van der Waals surface area contributed by atoms with Crippen molar-refractivity contribution in [2.75, 3.05) is 0 Å². The number of rotatable bonds is 5. The number of carbonyl (C=O) groups excluding carboxylic acids is 1. The van der Waals surface area contributed by atoms with Crippen LogP contribution >= 0.6 is 0 Å². The van der Waals surface area contributed by atoms with Gasteiger partial charge in [0.2, 0.25) is 0 Å². The van der Waals surface area contributed by atoms with Gasteiger partial charge in [0.05, 0.1) is 4.92 Å². The number of benzene rings is 2. The van der Waals surface area contributed by atoms with Crippen LogP contribution in [-0.2, 0) is 0 Å². The predicted molar refractivity (Wildman–Crippen MR) is 87.0 cm³/mol. The number of nitro groups is 1. The van der Waals surface area contributed by atoms with Crippen molar-refractivity contribution in [2.45, 2.75) is 19.8 Å². The summed E-state index contributed by atoms with van der Waals surface area (Å²) in [4.78, 5) is 22.2. The lowest BCUT2D eigenvalue weighted by atomic mass is 10.0. The number of ketones is 1. The Labute approximate surface area is 129 Å². The van der Waals surface area contributed by atoms with Crippen LogP contribution in [0.25, 0.3) is 6.08 Å². The van der Waals surface area contributed by atoms with E-state index < -0.39 is 4.92 Å². The topological polar surface area (TPSA) is 60.2 Å². The van der Waals surface area contributed by atoms with Crippen LogP contribution < -0.4 is 0 Å². The number of allylic oxidation sites excluding steroid dienone is 1. The maximum absolute atomic E-state index is 12.1. The maximum atomic E-state index is 12.1. The van der Waals surface area contributed by atoms with Crippen LogP contribution in [0.4, 0.5) is 5.69 Å². The Bertz CT molecular complexity index is 698. The molecule has 0 unspecified atom stereocenters. The first-order valence-corrected chi connectivity index (χ1v) is 7.04. The molecule has 4 nitrogen and oxygen atoms in total. The van der Waals surface area contributed by atoms with Gasteiger partial charge in [-0.2, -0.15) is 0 Å². The third-order valence-electron chi connectivity index (χ3n) is 3.39. The van der Waals surface area contributed by atoms with Gasteiger partial charge in [-0.1, -0.05) is 44.2 Å². The van der Waals surface area contributed by atoms with E-state index in [0.717, 1.165) is 5.56 Å². The van der Waals surface area contributed by atoms with E-state index in [2.05, 4.69) is 13.8 Å². The first-order valence-electron chi connectivity index (χ1n) is 7.04. The van der Waals surface area contributed by atoms with Gasteiger partial charge in [0, 0.05) is 17.7 Å². The van der Waals surface area contributed by atoms with E-state index in [1.165, 1.54) is 23.8 Å². The molecule has 22 heavy (non-hydrogen) atoms. The zero-order valence-electron chi connectivity index (χ0n) is 12.5. The average molecular weight is 295 g/mol. The van der Waals surface area contributed by atoms with Crippen LogP contribution in [0.3, 0.4) is 0 Å². The largest absolute Gasteiger partial charge is 0.289 e. The molecule has 0 atom stereocenters. The Hall–Kier alpha value is -2.75. The van der Waals surface area contributed by atoms with Crippen LogP contribution in [0, 0.1) is 10.1 Å². The zero-order valence-corrected chi connectivity index (χ0v) is 12.5. The molecule has 0 aliphatic heterocycles. The Morgan fingerprint density at radius 1 is 1.05 bits per heavy atom. The van der Waals surface area contributed by atoms with E-state index in [1.807, 2.05) is 24.3 Å². The lowest BCUT2D eigenvalue weighted by Gasteiger charge is -2.05. The van der Waals surface area contributed by atoms with E-state index in [1.54, 1.807) is 18.2 Å². The Kier molecular flexibility index (Phi) is 4.84. The van der Waals surface area contributed by atoms with E-state index in [-0.39, 0.29) is 11.5 Å². The fourth-order valence-electron chi connectivity index (χ4n) is 2.01. The second kappa shape index (κ2) is 6.80. The highest BCUT2D eigenvalue weighted by Gasteiger charge is 2.05. The van der Waals surface area contributed by atoms with E-state index >= 15 is 0 Å². The van der Waals surface area contributed by atoms with Crippen molar-refractivity contribution in [3.05, 3.63) is 81.4 Å². The fourth-order valence-corrected chi connectivity index (χ4v) is 2.01. The summed E-state index contributed by atoms with van der Waals surface area (Å²) in [5.74, 6) is 0.341. The van der Waals surface area contributed by atoms with Gasteiger partial charge in [-0.15, -0.1) is 0 Å². The average Bonchev–Trinajstić information content (AvgIpc) is 2.53. The molecule has 0 fully saturated rings. The molecule has 0 aromatic heterocycles. The summed E-state index contributed by atoms with van der Waals surface area (Å²) in [5, 5.41) is 10.6. The van der Waals surface area contributed by atoms with Crippen LogP contribution in [0.15, 0.2) is 54.6 Å². The molecule has 0 amide bonds. The van der Waals surface area contributed by atoms with Crippen LogP contribution in [0.1, 0.15) is 41.3 Å². The standard InChI is InChI=1S/C18H17NO3/c1-13(2)15-6-8-16(9-7-15)18(20)12-5-14-3-10-17(11-4-14)19(21)22/h3-13H,1-2H3/b12-5+. The van der Waals surface area contributed by atoms with Crippen molar-refractivity contribution in [3.63, 3.8) is 0 Å². The molecular formula is C18H17NO3. The predicted octanol–water partition coefficient (Wildman–Crippen LogP) is 4.61. The molecule has 2 aromatic rings. The fraction of sp³-hybridized carbons (Fsp3) is 0.167. The minimum Gasteiger partial charge on any atom is -0.289 e. The molecular weight excluding hydrogens is 278 g/mol. The highest BCUT2D eigenvalue weighted by atomic mass is 16.6. The number of nitrogens with zero attached hydrogens (tertiary/aromatic N) is 1. The monoisotopic (exact) mass is 295 g/mol. The molecule has 0 saturated carbocycles. The summed E-state index contributed by atoms with van der Waals surface area (Å²) in [6.45, 7) is 4.21. The molecule has 2 rings (SSSR count). The van der Waals surface area contributed by atoms with Gasteiger partial charge in [0.1, 0.15) is 0 Å². The molecule has 112 valence electrons. The quantitative estimate of drug-likeness (QED) is 0.350. The summed E-state index contributed by atoms with van der Waals surface area (Å²) in [6.07, 6.45) is 3.13. The van der Waals surface area contributed by atoms with Gasteiger partial charge in [-0.05, 0) is 35.3 Å². The number of hydrogen-bond acceptors (Lipinski definition) is 3. The Morgan fingerprint density at radius 3 is 2.14 bits per heavy atom. The Balaban J connectivity index is 2.08. The van der Waals surface area contributed by atoms with Gasteiger partial charge >= 0.3 is 0 Å². The highest BCUT2D eigenvalue weighted by Crippen LogP contribution is 2.16. The van der Waals surface area contributed by atoms with Crippen molar-refractivity contribution in [2.24, 2.45) is 0 Å². The minimum absolute atomic E-state index is 0.0350. The SMILES string of the molecule is CC(C)c1ccc(C(=O)/C=C/c2ccc([N+](=O)[O-])cc2)cc1. The molecule has 0 spiro atoms. The summed E-state index contributed by atoms with van der Waals surface area (Å²) >= 11 is 0. The molecule has 0 saturated heterocycles. The maximum Gasteiger partial charge on any atom is 0.269 e. The van der Waals surface area contributed by atoms with E-state index in [4.69, 9.17) is 0 Å². The number of carbonyl (C=O) groups is 1. The molecule has 2 aromatic carbocycles. The first kappa shape index (κ1) is 15.6. The number of nitro benzene ring substituents is 1. The lowest BCUT2D eigenvalue weighted by Crippen LogP contribution is -1.95. The van der Waals surface area contributed by atoms with Crippen LogP contribution in [0.2, 0.25) is 0 Å². The van der Waals surface area contributed by atoms with Gasteiger partial charge in [0.15, 0.2) is 5.78 Å². The van der Waals surface area contributed by atoms with E-state index in [0.29, 0.717) is 11.5 Å². The highest BCUT2D eigenvalue weighted by molar-refractivity contribution is 6.06. The minimum atomic E-state index is -0.449. The second-order valence-electron chi connectivity index (χ2n) is 5.32. The summed E-state index contributed by atoms with van der Waals surface area (Å²) in [5.41, 5.74) is 2.60. The van der Waals surface area contributed by atoms with Gasteiger partial charge in [0.25, 0.3) is 5.69 Å². The zero-order chi connectivity index (χ0) is 16.1. The van der Waals surface area contributed by atoms with Crippen molar-refractivity contribution < 1.29 is 9.72 Å². The molecule has 0 N–H and O–H groups in total. The van der Waals surface area contributed by atoms with Gasteiger partial charge in [-0.3, -0.25) is 14.9 Å². The molecule has 0 bridgehead atoms. The van der Waals surface area contributed by atoms with Gasteiger partial charge in [-0.25, -0.2) is 0 Å². The summed E-state index contributed by atoms with van der Waals surface area (Å²) in [7, 11) is 0. The molecule has 0 radical (unpaired) electrons. The van der Waals surface area contributed by atoms with E-state index in [9.17, 15) is 14.9 Å². The molecule has 0 heterocycles. The van der Waals surface area contributed by atoms with Crippen LogP contribution in [-0.4, -0.2) is 10.7 Å². The molecule has 0 aliphatic carbocycles. The molecule has 4 heteroatoms. The third kappa shape index (κ3) is 3.88. The Morgan fingerprint density at radius 2 is 1.64 bits per heavy atom. The summed E-state index contributed by atoms with van der Waals surface area (Å²) in [6, 6.07) is 13.6. The van der Waals surface area contributed by atoms with Crippen LogP contribution in [0.5, 0.6) is 0 Å². The van der Waals surface area contributed by atoms with Crippen molar-refractivity contribution >= 4 is 17.5 Å². The third-order valence-corrected chi connectivity index (χ3v) is 3.39. The first-order chi connectivity index (χ1) is 10.5. The molecule has 0 aliphatic rings. The smallest absolute Gasteiger partial charge is 0.269 e. The van der Waals surface area contributed by atoms with Crippen molar-refractivity contribution in [1.82, 2.24) is 0 Å². The lowest BCUT2D eigenvalue weighted by molar-refractivity contribution is -0.384.